The number of benzene rings is 2. The molecule has 0 aliphatic carbocycles. The van der Waals surface area contributed by atoms with Crippen molar-refractivity contribution < 1.29 is 9.90 Å². The standard InChI is InChI=1S/C19H21NO2/c1-4-14(2)20(3)13-15-9-11-16(12-10-15)17-7-5-6-8-18(17)19(21)22/h4-12H,13H2,1-3H3,(H,21,22). The lowest BCUT2D eigenvalue weighted by Crippen LogP contribution is -2.15. The zero-order chi connectivity index (χ0) is 16.1. The summed E-state index contributed by atoms with van der Waals surface area (Å²) in [4.78, 5) is 13.5. The van der Waals surface area contributed by atoms with Crippen LogP contribution in [0.3, 0.4) is 0 Å². The van der Waals surface area contributed by atoms with Crippen LogP contribution in [0.15, 0.2) is 60.3 Å². The minimum atomic E-state index is -0.900. The van der Waals surface area contributed by atoms with Crippen LogP contribution in [-0.2, 0) is 6.54 Å². The number of carboxylic acid groups (broad SMARTS) is 1. The third-order valence-electron chi connectivity index (χ3n) is 3.86. The molecule has 1 N–H and O–H groups in total. The second kappa shape index (κ2) is 6.94. The van der Waals surface area contributed by atoms with Gasteiger partial charge in [0.15, 0.2) is 0 Å². The molecule has 0 fully saturated rings. The summed E-state index contributed by atoms with van der Waals surface area (Å²) in [5, 5.41) is 9.28. The summed E-state index contributed by atoms with van der Waals surface area (Å²) in [5.74, 6) is -0.900. The van der Waals surface area contributed by atoms with Gasteiger partial charge in [0.2, 0.25) is 0 Å². The van der Waals surface area contributed by atoms with Crippen molar-refractivity contribution in [1.82, 2.24) is 4.90 Å². The van der Waals surface area contributed by atoms with E-state index in [1.54, 1.807) is 12.1 Å². The molecule has 0 saturated heterocycles. The molecule has 0 aromatic heterocycles. The van der Waals surface area contributed by atoms with Crippen LogP contribution in [0.1, 0.15) is 29.8 Å². The molecule has 2 aromatic rings. The van der Waals surface area contributed by atoms with Gasteiger partial charge in [-0.2, -0.15) is 0 Å². The van der Waals surface area contributed by atoms with E-state index in [1.807, 2.05) is 43.3 Å². The smallest absolute Gasteiger partial charge is 0.336 e. The van der Waals surface area contributed by atoms with Gasteiger partial charge in [0, 0.05) is 19.3 Å². The van der Waals surface area contributed by atoms with E-state index in [0.717, 1.165) is 17.7 Å². The van der Waals surface area contributed by atoms with Gasteiger partial charge < -0.3 is 10.0 Å². The van der Waals surface area contributed by atoms with E-state index in [-0.39, 0.29) is 0 Å². The molecule has 3 heteroatoms. The number of carboxylic acids is 1. The van der Waals surface area contributed by atoms with Gasteiger partial charge in [-0.25, -0.2) is 4.79 Å². The van der Waals surface area contributed by atoms with Crippen molar-refractivity contribution in [3.05, 3.63) is 71.4 Å². The summed E-state index contributed by atoms with van der Waals surface area (Å²) in [7, 11) is 2.06. The van der Waals surface area contributed by atoms with E-state index < -0.39 is 5.97 Å². The molecule has 0 heterocycles. The first-order chi connectivity index (χ1) is 10.5. The topological polar surface area (TPSA) is 40.5 Å². The van der Waals surface area contributed by atoms with Crippen LogP contribution >= 0.6 is 0 Å². The van der Waals surface area contributed by atoms with E-state index >= 15 is 0 Å². The molecule has 0 bridgehead atoms. The van der Waals surface area contributed by atoms with Gasteiger partial charge in [0.1, 0.15) is 0 Å². The molecule has 22 heavy (non-hydrogen) atoms. The molecule has 2 rings (SSSR count). The largest absolute Gasteiger partial charge is 0.478 e. The van der Waals surface area contributed by atoms with Gasteiger partial charge in [0.05, 0.1) is 5.56 Å². The minimum Gasteiger partial charge on any atom is -0.478 e. The van der Waals surface area contributed by atoms with Crippen molar-refractivity contribution in [1.29, 1.82) is 0 Å². The Bertz CT molecular complexity index is 687. The summed E-state index contributed by atoms with van der Waals surface area (Å²) >= 11 is 0. The summed E-state index contributed by atoms with van der Waals surface area (Å²) < 4.78 is 0. The molecule has 0 atom stereocenters. The molecule has 0 unspecified atom stereocenters. The van der Waals surface area contributed by atoms with Gasteiger partial charge in [-0.15, -0.1) is 0 Å². The second-order valence-electron chi connectivity index (χ2n) is 5.33. The Morgan fingerprint density at radius 3 is 2.36 bits per heavy atom. The second-order valence-corrected chi connectivity index (χ2v) is 5.33. The number of carbonyl (C=O) groups is 1. The van der Waals surface area contributed by atoms with Crippen molar-refractivity contribution in [2.45, 2.75) is 20.4 Å². The van der Waals surface area contributed by atoms with Crippen LogP contribution in [0, 0.1) is 0 Å². The van der Waals surface area contributed by atoms with E-state index in [0.29, 0.717) is 5.56 Å². The first kappa shape index (κ1) is 15.8. The van der Waals surface area contributed by atoms with E-state index in [2.05, 4.69) is 24.9 Å². The molecular formula is C19H21NO2. The van der Waals surface area contributed by atoms with Gasteiger partial charge in [-0.1, -0.05) is 48.5 Å². The van der Waals surface area contributed by atoms with Crippen LogP contribution in [-0.4, -0.2) is 23.0 Å². The van der Waals surface area contributed by atoms with Crippen LogP contribution in [0.4, 0.5) is 0 Å². The molecule has 114 valence electrons. The minimum absolute atomic E-state index is 0.331. The fraction of sp³-hybridized carbons (Fsp3) is 0.211. The first-order valence-electron chi connectivity index (χ1n) is 7.28. The zero-order valence-electron chi connectivity index (χ0n) is 13.2. The van der Waals surface area contributed by atoms with Crippen LogP contribution in [0.5, 0.6) is 0 Å². The summed E-state index contributed by atoms with van der Waals surface area (Å²) in [6.07, 6.45) is 2.08. The monoisotopic (exact) mass is 295 g/mol. The van der Waals surface area contributed by atoms with Crippen LogP contribution < -0.4 is 0 Å². The Morgan fingerprint density at radius 2 is 1.77 bits per heavy atom. The van der Waals surface area contributed by atoms with Gasteiger partial charge >= 0.3 is 5.97 Å². The van der Waals surface area contributed by atoms with Crippen molar-refractivity contribution >= 4 is 5.97 Å². The van der Waals surface area contributed by atoms with Gasteiger partial charge in [-0.3, -0.25) is 0 Å². The van der Waals surface area contributed by atoms with Gasteiger partial charge in [0.25, 0.3) is 0 Å². The molecule has 0 aliphatic heterocycles. The maximum Gasteiger partial charge on any atom is 0.336 e. The number of allylic oxidation sites excluding steroid dienone is 2. The van der Waals surface area contributed by atoms with E-state index in [9.17, 15) is 9.90 Å². The molecule has 0 spiro atoms. The third-order valence-corrected chi connectivity index (χ3v) is 3.86. The lowest BCUT2D eigenvalue weighted by molar-refractivity contribution is 0.0697. The maximum atomic E-state index is 11.3. The Hall–Kier alpha value is -2.55. The predicted molar refractivity (Wildman–Crippen MR) is 89.7 cm³/mol. The highest BCUT2D eigenvalue weighted by atomic mass is 16.4. The van der Waals surface area contributed by atoms with Crippen molar-refractivity contribution in [3.63, 3.8) is 0 Å². The normalized spacial score (nSPS) is 11.3. The first-order valence-corrected chi connectivity index (χ1v) is 7.28. The molecule has 2 aromatic carbocycles. The number of rotatable bonds is 5. The average Bonchev–Trinajstić information content (AvgIpc) is 2.54. The van der Waals surface area contributed by atoms with E-state index in [1.165, 1.54) is 11.3 Å². The Morgan fingerprint density at radius 1 is 1.14 bits per heavy atom. The van der Waals surface area contributed by atoms with Crippen molar-refractivity contribution in [2.75, 3.05) is 7.05 Å². The van der Waals surface area contributed by atoms with Crippen LogP contribution in [0.25, 0.3) is 11.1 Å². The van der Waals surface area contributed by atoms with E-state index in [4.69, 9.17) is 0 Å². The highest BCUT2D eigenvalue weighted by molar-refractivity contribution is 5.95. The summed E-state index contributed by atoms with van der Waals surface area (Å²) in [6.45, 7) is 4.94. The predicted octanol–water partition coefficient (Wildman–Crippen LogP) is 4.41. The molecule has 0 radical (unpaired) electrons. The number of nitrogens with zero attached hydrogens (tertiary/aromatic N) is 1. The average molecular weight is 295 g/mol. The number of hydrogen-bond donors (Lipinski definition) is 1. The SMILES string of the molecule is CC=C(C)N(C)Cc1ccc(-c2ccccc2C(=O)O)cc1. The third kappa shape index (κ3) is 3.55. The quantitative estimate of drug-likeness (QED) is 0.888. The fourth-order valence-electron chi connectivity index (χ4n) is 2.33. The Kier molecular flexibility index (Phi) is 4.99. The molecule has 0 saturated carbocycles. The van der Waals surface area contributed by atoms with Crippen molar-refractivity contribution in [3.8, 4) is 11.1 Å². The maximum absolute atomic E-state index is 11.3. The number of aromatic carboxylic acids is 1. The summed E-state index contributed by atoms with van der Waals surface area (Å²) in [6, 6.07) is 15.1. The summed E-state index contributed by atoms with van der Waals surface area (Å²) in [5.41, 5.74) is 4.42. The molecule has 0 aliphatic rings. The molecule has 3 nitrogen and oxygen atoms in total. The number of hydrogen-bond acceptors (Lipinski definition) is 2. The highest BCUT2D eigenvalue weighted by Gasteiger charge is 2.10. The Labute approximate surface area is 131 Å². The lowest BCUT2D eigenvalue weighted by Gasteiger charge is -2.20. The Balaban J connectivity index is 2.25. The zero-order valence-corrected chi connectivity index (χ0v) is 13.2. The van der Waals surface area contributed by atoms with Gasteiger partial charge in [-0.05, 0) is 36.6 Å². The highest BCUT2D eigenvalue weighted by Crippen LogP contribution is 2.24. The molecule has 0 amide bonds. The van der Waals surface area contributed by atoms with Crippen molar-refractivity contribution in [2.24, 2.45) is 0 Å². The lowest BCUT2D eigenvalue weighted by atomic mass is 9.98. The van der Waals surface area contributed by atoms with Crippen LogP contribution in [0.2, 0.25) is 0 Å². The fourth-order valence-corrected chi connectivity index (χ4v) is 2.33. The molecular weight excluding hydrogens is 274 g/mol.